The highest BCUT2D eigenvalue weighted by Gasteiger charge is 2.24. The Morgan fingerprint density at radius 3 is 1.72 bits per heavy atom. The molecule has 0 spiro atoms. The summed E-state index contributed by atoms with van der Waals surface area (Å²) in [7, 11) is 0. The zero-order chi connectivity index (χ0) is 41.9. The van der Waals surface area contributed by atoms with Crippen LogP contribution in [-0.2, 0) is 0 Å². The van der Waals surface area contributed by atoms with E-state index in [0.29, 0.717) is 17.5 Å². The molecule has 0 radical (unpaired) electrons. The van der Waals surface area contributed by atoms with Gasteiger partial charge in [-0.3, -0.25) is 0 Å². The lowest BCUT2D eigenvalue weighted by Crippen LogP contribution is -2.01. The Hall–Kier alpha value is -8.25. The third kappa shape index (κ3) is 5.25. The van der Waals surface area contributed by atoms with Crippen LogP contribution in [0.3, 0.4) is 0 Å². The van der Waals surface area contributed by atoms with E-state index in [1.807, 2.05) is 29.5 Å². The number of hydrogen-bond donors (Lipinski definition) is 0. The van der Waals surface area contributed by atoms with Gasteiger partial charge in [0.15, 0.2) is 17.5 Å². The SMILES string of the molecule is c1ccc(-c2nc(-c3ccc4c(c3)sc3ccc5ccccc5c34)nc(-c3ccccc3-c3cc4c5ccccc5c5ccccc5c4c4oc5cc6ccccc6cc5c34)n2)cc1. The van der Waals surface area contributed by atoms with Crippen LogP contribution in [0.25, 0.3) is 141 Å². The van der Waals surface area contributed by atoms with Gasteiger partial charge in [-0.05, 0) is 89.9 Å². The molecule has 64 heavy (non-hydrogen) atoms. The minimum atomic E-state index is 0.608. The molecule has 3 heterocycles. The zero-order valence-corrected chi connectivity index (χ0v) is 35.0. The van der Waals surface area contributed by atoms with Crippen molar-refractivity contribution in [2.24, 2.45) is 0 Å². The number of rotatable bonds is 4. The number of aromatic nitrogens is 3. The highest BCUT2D eigenvalue weighted by Crippen LogP contribution is 2.48. The van der Waals surface area contributed by atoms with Crippen molar-refractivity contribution in [3.05, 3.63) is 200 Å². The standard InChI is InChI=1S/C59H33N3OS/c1-2-15-35(16-3-1)57-60-58(38-26-28-46-52(32-38)64-51-29-27-34-14-6-7-19-39(34)53(46)51)62-59(61-57)45-25-13-11-23-43(45)48-33-47-42-22-9-8-20-40(42)41-21-10-12-24-44(41)54(47)56-55(48)49-30-36-17-4-5-18-37(36)31-50(49)63-56/h1-33H. The molecule has 0 aliphatic rings. The summed E-state index contributed by atoms with van der Waals surface area (Å²) in [5, 5.41) is 16.5. The molecular weight excluding hydrogens is 799 g/mol. The van der Waals surface area contributed by atoms with Gasteiger partial charge < -0.3 is 4.42 Å². The molecule has 14 rings (SSSR count). The molecule has 0 aliphatic heterocycles. The fraction of sp³-hybridized carbons (Fsp3) is 0. The number of nitrogens with zero attached hydrogens (tertiary/aromatic N) is 3. The van der Waals surface area contributed by atoms with E-state index in [1.165, 1.54) is 57.9 Å². The molecule has 3 aromatic heterocycles. The molecule has 0 saturated heterocycles. The first-order chi connectivity index (χ1) is 31.7. The topological polar surface area (TPSA) is 51.8 Å². The predicted octanol–water partition coefficient (Wildman–Crippen LogP) is 16.6. The van der Waals surface area contributed by atoms with Gasteiger partial charge in [-0.1, -0.05) is 170 Å². The molecule has 0 atom stereocenters. The van der Waals surface area contributed by atoms with E-state index in [0.717, 1.165) is 65.9 Å². The second-order valence-corrected chi connectivity index (χ2v) is 17.7. The number of furan rings is 1. The maximum atomic E-state index is 7.13. The molecule has 0 fully saturated rings. The van der Waals surface area contributed by atoms with Crippen molar-refractivity contribution >= 4 is 107 Å². The van der Waals surface area contributed by atoms with Gasteiger partial charge in [0.25, 0.3) is 0 Å². The summed E-state index contributed by atoms with van der Waals surface area (Å²) in [4.78, 5) is 15.9. The summed E-state index contributed by atoms with van der Waals surface area (Å²) in [6.07, 6.45) is 0. The molecule has 4 nitrogen and oxygen atoms in total. The Bertz CT molecular complexity index is 4260. The lowest BCUT2D eigenvalue weighted by atomic mass is 9.88. The van der Waals surface area contributed by atoms with E-state index in [9.17, 15) is 0 Å². The number of thiophene rings is 1. The van der Waals surface area contributed by atoms with Crippen molar-refractivity contribution < 1.29 is 4.42 Å². The lowest BCUT2D eigenvalue weighted by molar-refractivity contribution is 0.673. The Kier molecular flexibility index (Phi) is 7.53. The minimum absolute atomic E-state index is 0.608. The zero-order valence-electron chi connectivity index (χ0n) is 34.2. The fourth-order valence-corrected chi connectivity index (χ4v) is 11.3. The minimum Gasteiger partial charge on any atom is -0.455 e. The Morgan fingerprint density at radius 1 is 0.312 bits per heavy atom. The molecule has 296 valence electrons. The molecular formula is C59H33N3OS. The molecule has 0 aliphatic carbocycles. The summed E-state index contributed by atoms with van der Waals surface area (Å²) < 4.78 is 9.60. The summed E-state index contributed by atoms with van der Waals surface area (Å²) in [6, 6.07) is 71.4. The van der Waals surface area contributed by atoms with E-state index in [2.05, 4.69) is 182 Å². The first-order valence-corrected chi connectivity index (χ1v) is 22.4. The van der Waals surface area contributed by atoms with E-state index in [1.54, 1.807) is 0 Å². The van der Waals surface area contributed by atoms with Crippen molar-refractivity contribution in [2.45, 2.75) is 0 Å². The first kappa shape index (κ1) is 35.4. The quantitative estimate of drug-likeness (QED) is 0.166. The average Bonchev–Trinajstić information content (AvgIpc) is 3.94. The van der Waals surface area contributed by atoms with Gasteiger partial charge in [-0.25, -0.2) is 15.0 Å². The summed E-state index contributed by atoms with van der Waals surface area (Å²) in [5.41, 5.74) is 6.61. The van der Waals surface area contributed by atoms with Gasteiger partial charge in [-0.2, -0.15) is 0 Å². The van der Waals surface area contributed by atoms with Crippen LogP contribution >= 0.6 is 11.3 Å². The van der Waals surface area contributed by atoms with Crippen molar-refractivity contribution in [3.63, 3.8) is 0 Å². The van der Waals surface area contributed by atoms with Gasteiger partial charge in [0.1, 0.15) is 11.2 Å². The fourth-order valence-electron chi connectivity index (χ4n) is 10.2. The maximum Gasteiger partial charge on any atom is 0.164 e. The monoisotopic (exact) mass is 831 g/mol. The molecule has 0 amide bonds. The second-order valence-electron chi connectivity index (χ2n) is 16.6. The number of hydrogen-bond acceptors (Lipinski definition) is 5. The van der Waals surface area contributed by atoms with Crippen molar-refractivity contribution in [1.82, 2.24) is 15.0 Å². The largest absolute Gasteiger partial charge is 0.455 e. The van der Waals surface area contributed by atoms with Crippen LogP contribution in [0, 0.1) is 0 Å². The van der Waals surface area contributed by atoms with Crippen LogP contribution in [0.15, 0.2) is 205 Å². The van der Waals surface area contributed by atoms with Crippen molar-refractivity contribution in [2.75, 3.05) is 0 Å². The Morgan fingerprint density at radius 2 is 0.922 bits per heavy atom. The van der Waals surface area contributed by atoms with E-state index < -0.39 is 0 Å². The van der Waals surface area contributed by atoms with Gasteiger partial charge in [-0.15, -0.1) is 11.3 Å². The first-order valence-electron chi connectivity index (χ1n) is 21.6. The smallest absolute Gasteiger partial charge is 0.164 e. The summed E-state index contributed by atoms with van der Waals surface area (Å²) >= 11 is 1.81. The molecule has 0 bridgehead atoms. The third-order valence-corrected chi connectivity index (χ3v) is 14.2. The normalized spacial score (nSPS) is 12.1. The molecule has 0 unspecified atom stereocenters. The van der Waals surface area contributed by atoms with Crippen LogP contribution in [0.1, 0.15) is 0 Å². The maximum absolute atomic E-state index is 7.13. The molecule has 5 heteroatoms. The lowest BCUT2D eigenvalue weighted by Gasteiger charge is -2.16. The summed E-state index contributed by atoms with van der Waals surface area (Å²) in [6.45, 7) is 0. The highest BCUT2D eigenvalue weighted by molar-refractivity contribution is 7.26. The number of benzene rings is 11. The van der Waals surface area contributed by atoms with Crippen LogP contribution in [-0.4, -0.2) is 15.0 Å². The van der Waals surface area contributed by atoms with Crippen molar-refractivity contribution in [1.29, 1.82) is 0 Å². The molecule has 11 aromatic carbocycles. The molecule has 0 N–H and O–H groups in total. The molecule has 14 aromatic rings. The number of fused-ring (bicyclic) bond motifs is 16. The van der Waals surface area contributed by atoms with Crippen LogP contribution in [0.4, 0.5) is 0 Å². The average molecular weight is 832 g/mol. The van der Waals surface area contributed by atoms with E-state index in [4.69, 9.17) is 19.4 Å². The van der Waals surface area contributed by atoms with Gasteiger partial charge in [0, 0.05) is 53.0 Å². The highest BCUT2D eigenvalue weighted by atomic mass is 32.1. The second kappa shape index (κ2) is 13.6. The van der Waals surface area contributed by atoms with Gasteiger partial charge in [0.2, 0.25) is 0 Å². The van der Waals surface area contributed by atoms with Crippen molar-refractivity contribution in [3.8, 4) is 45.3 Å². The van der Waals surface area contributed by atoms with Crippen LogP contribution in [0.5, 0.6) is 0 Å². The third-order valence-electron chi connectivity index (χ3n) is 13.1. The Labute approximate surface area is 370 Å². The molecule has 0 saturated carbocycles. The predicted molar refractivity (Wildman–Crippen MR) is 269 cm³/mol. The van der Waals surface area contributed by atoms with Gasteiger partial charge >= 0.3 is 0 Å². The van der Waals surface area contributed by atoms with Crippen LogP contribution < -0.4 is 0 Å². The van der Waals surface area contributed by atoms with Gasteiger partial charge in [0.05, 0.1) is 0 Å². The van der Waals surface area contributed by atoms with E-state index >= 15 is 0 Å². The van der Waals surface area contributed by atoms with E-state index in [-0.39, 0.29) is 0 Å². The van der Waals surface area contributed by atoms with Crippen LogP contribution in [0.2, 0.25) is 0 Å². The Balaban J connectivity index is 1.06. The summed E-state index contributed by atoms with van der Waals surface area (Å²) in [5.74, 6) is 1.86.